The molecule has 0 saturated heterocycles. The highest BCUT2D eigenvalue weighted by Gasteiger charge is 2.09. The second kappa shape index (κ2) is 11.1. The summed E-state index contributed by atoms with van der Waals surface area (Å²) in [5.41, 5.74) is 3.05. The van der Waals surface area contributed by atoms with E-state index in [2.05, 4.69) is 16.0 Å². The van der Waals surface area contributed by atoms with E-state index in [9.17, 15) is 14.4 Å². The molecule has 0 aliphatic carbocycles. The van der Waals surface area contributed by atoms with Crippen molar-refractivity contribution < 1.29 is 19.1 Å². The van der Waals surface area contributed by atoms with Crippen LogP contribution in [-0.4, -0.2) is 37.4 Å². The first kappa shape index (κ1) is 23.0. The van der Waals surface area contributed by atoms with Gasteiger partial charge in [-0.15, -0.1) is 11.3 Å². The van der Waals surface area contributed by atoms with Crippen molar-refractivity contribution in [3.8, 4) is 5.75 Å². The summed E-state index contributed by atoms with van der Waals surface area (Å²) in [5.74, 6) is -0.0225. The van der Waals surface area contributed by atoms with Gasteiger partial charge in [0.25, 0.3) is 17.7 Å². The molecule has 2 aromatic carbocycles. The maximum absolute atomic E-state index is 12.2. The van der Waals surface area contributed by atoms with E-state index in [4.69, 9.17) is 4.74 Å². The van der Waals surface area contributed by atoms with E-state index < -0.39 is 0 Å². The number of benzene rings is 2. The summed E-state index contributed by atoms with van der Waals surface area (Å²) in [6.07, 6.45) is 0. The molecule has 32 heavy (non-hydrogen) atoms. The molecule has 7 nitrogen and oxygen atoms in total. The van der Waals surface area contributed by atoms with Crippen LogP contribution in [0.5, 0.6) is 5.75 Å². The molecule has 0 aliphatic heterocycles. The first-order valence-corrected chi connectivity index (χ1v) is 11.0. The molecule has 1 aromatic heterocycles. The first-order chi connectivity index (χ1) is 15.4. The Kier molecular flexibility index (Phi) is 7.99. The van der Waals surface area contributed by atoms with Crippen LogP contribution in [0.15, 0.2) is 60.0 Å². The zero-order chi connectivity index (χ0) is 22.9. The molecule has 166 valence electrons. The smallest absolute Gasteiger partial charge is 0.262 e. The van der Waals surface area contributed by atoms with Crippen LogP contribution in [0, 0.1) is 13.8 Å². The third-order valence-corrected chi connectivity index (χ3v) is 5.44. The van der Waals surface area contributed by atoms with Gasteiger partial charge in [0.15, 0.2) is 6.61 Å². The molecule has 3 amide bonds. The molecule has 0 spiro atoms. The minimum atomic E-state index is -0.287. The monoisotopic (exact) mass is 451 g/mol. The quantitative estimate of drug-likeness (QED) is 0.434. The minimum absolute atomic E-state index is 0.107. The van der Waals surface area contributed by atoms with Gasteiger partial charge < -0.3 is 20.7 Å². The lowest BCUT2D eigenvalue weighted by molar-refractivity contribution is -0.118. The first-order valence-electron chi connectivity index (χ1n) is 10.1. The third kappa shape index (κ3) is 6.68. The van der Waals surface area contributed by atoms with Gasteiger partial charge in [0.2, 0.25) is 0 Å². The van der Waals surface area contributed by atoms with E-state index in [1.54, 1.807) is 30.3 Å². The normalized spacial score (nSPS) is 10.3. The number of hydrogen-bond donors (Lipinski definition) is 3. The van der Waals surface area contributed by atoms with Gasteiger partial charge in [-0.2, -0.15) is 0 Å². The second-order valence-electron chi connectivity index (χ2n) is 7.17. The van der Waals surface area contributed by atoms with Gasteiger partial charge in [-0.25, -0.2) is 0 Å². The highest BCUT2D eigenvalue weighted by Crippen LogP contribution is 2.19. The van der Waals surface area contributed by atoms with Crippen LogP contribution in [0.1, 0.15) is 31.2 Å². The average Bonchev–Trinajstić information content (AvgIpc) is 3.33. The Morgan fingerprint density at radius 2 is 1.62 bits per heavy atom. The van der Waals surface area contributed by atoms with Crippen LogP contribution in [-0.2, 0) is 4.79 Å². The molecule has 0 fully saturated rings. The van der Waals surface area contributed by atoms with Gasteiger partial charge >= 0.3 is 0 Å². The molecule has 1 heterocycles. The molecule has 3 N–H and O–H groups in total. The van der Waals surface area contributed by atoms with E-state index in [1.807, 2.05) is 43.5 Å². The second-order valence-corrected chi connectivity index (χ2v) is 8.12. The summed E-state index contributed by atoms with van der Waals surface area (Å²) in [7, 11) is 0. The maximum atomic E-state index is 12.2. The maximum Gasteiger partial charge on any atom is 0.262 e. The predicted octanol–water partition coefficient (Wildman–Crippen LogP) is 3.54. The Bertz CT molecular complexity index is 1080. The molecule has 3 rings (SSSR count). The van der Waals surface area contributed by atoms with Gasteiger partial charge in [-0.1, -0.05) is 18.2 Å². The van der Waals surface area contributed by atoms with Crippen molar-refractivity contribution >= 4 is 34.7 Å². The molecule has 0 aliphatic rings. The van der Waals surface area contributed by atoms with Crippen molar-refractivity contribution in [3.63, 3.8) is 0 Å². The van der Waals surface area contributed by atoms with E-state index in [1.165, 1.54) is 11.3 Å². The number of ether oxygens (including phenoxy) is 1. The number of thiophene rings is 1. The Morgan fingerprint density at radius 1 is 0.906 bits per heavy atom. The molecule has 0 saturated carbocycles. The Labute approximate surface area is 190 Å². The predicted molar refractivity (Wildman–Crippen MR) is 125 cm³/mol. The third-order valence-electron chi connectivity index (χ3n) is 4.57. The molecular weight excluding hydrogens is 426 g/mol. The zero-order valence-corrected chi connectivity index (χ0v) is 18.8. The minimum Gasteiger partial charge on any atom is -0.483 e. The Hall–Kier alpha value is -3.65. The molecule has 0 bridgehead atoms. The van der Waals surface area contributed by atoms with Crippen molar-refractivity contribution in [3.05, 3.63) is 81.5 Å². The van der Waals surface area contributed by atoms with Crippen LogP contribution >= 0.6 is 11.3 Å². The highest BCUT2D eigenvalue weighted by atomic mass is 32.1. The number of nitrogens with one attached hydrogen (secondary N) is 3. The number of carbonyl (C=O) groups is 3. The number of rotatable bonds is 9. The average molecular weight is 452 g/mol. The lowest BCUT2D eigenvalue weighted by Crippen LogP contribution is -2.34. The topological polar surface area (TPSA) is 96.5 Å². The summed E-state index contributed by atoms with van der Waals surface area (Å²) in [5, 5.41) is 10.1. The fraction of sp³-hybridized carbons (Fsp3) is 0.208. The molecule has 3 aromatic rings. The Morgan fingerprint density at radius 3 is 2.31 bits per heavy atom. The molecule has 0 atom stereocenters. The van der Waals surface area contributed by atoms with Crippen molar-refractivity contribution in [1.82, 2.24) is 10.6 Å². The number of carbonyl (C=O) groups excluding carboxylic acids is 3. The van der Waals surface area contributed by atoms with Crippen molar-refractivity contribution in [1.29, 1.82) is 0 Å². The van der Waals surface area contributed by atoms with Crippen LogP contribution in [0.2, 0.25) is 0 Å². The van der Waals surface area contributed by atoms with Crippen LogP contribution in [0.3, 0.4) is 0 Å². The van der Waals surface area contributed by atoms with E-state index >= 15 is 0 Å². The number of amides is 3. The fourth-order valence-corrected chi connectivity index (χ4v) is 3.50. The lowest BCUT2D eigenvalue weighted by Gasteiger charge is -2.11. The molecule has 8 heteroatoms. The highest BCUT2D eigenvalue weighted by molar-refractivity contribution is 7.12. The van der Waals surface area contributed by atoms with Crippen molar-refractivity contribution in [2.45, 2.75) is 13.8 Å². The van der Waals surface area contributed by atoms with Crippen molar-refractivity contribution in [2.75, 3.05) is 25.0 Å². The summed E-state index contributed by atoms with van der Waals surface area (Å²) in [4.78, 5) is 36.9. The van der Waals surface area contributed by atoms with Crippen LogP contribution in [0.4, 0.5) is 5.69 Å². The van der Waals surface area contributed by atoms with E-state index in [0.717, 1.165) is 11.1 Å². The van der Waals surface area contributed by atoms with Gasteiger partial charge in [0.1, 0.15) is 5.75 Å². The summed E-state index contributed by atoms with van der Waals surface area (Å²) in [6, 6.07) is 15.9. The molecule has 0 unspecified atom stereocenters. The molecule has 0 radical (unpaired) electrons. The van der Waals surface area contributed by atoms with Gasteiger partial charge in [-0.3, -0.25) is 14.4 Å². The van der Waals surface area contributed by atoms with Gasteiger partial charge in [0.05, 0.1) is 4.88 Å². The zero-order valence-electron chi connectivity index (χ0n) is 17.9. The summed E-state index contributed by atoms with van der Waals surface area (Å²) in [6.45, 7) is 4.42. The largest absolute Gasteiger partial charge is 0.483 e. The number of hydrogen-bond acceptors (Lipinski definition) is 5. The Balaban J connectivity index is 1.40. The summed E-state index contributed by atoms with van der Waals surface area (Å²) >= 11 is 1.36. The fourth-order valence-electron chi connectivity index (χ4n) is 2.86. The van der Waals surface area contributed by atoms with Crippen LogP contribution < -0.4 is 20.7 Å². The van der Waals surface area contributed by atoms with Crippen LogP contribution in [0.25, 0.3) is 0 Å². The lowest BCUT2D eigenvalue weighted by atomic mass is 10.1. The van der Waals surface area contributed by atoms with Gasteiger partial charge in [0, 0.05) is 24.3 Å². The molecular formula is C24H25N3O4S. The van der Waals surface area contributed by atoms with E-state index in [0.29, 0.717) is 35.0 Å². The number of anilines is 1. The van der Waals surface area contributed by atoms with Crippen molar-refractivity contribution in [2.24, 2.45) is 0 Å². The summed E-state index contributed by atoms with van der Waals surface area (Å²) < 4.78 is 5.60. The standard InChI is InChI=1S/C24H25N3O4S/c1-16-5-6-17(2)20(14-16)31-15-22(28)27-19-9-7-18(8-10-19)23(29)25-11-12-26-24(30)21-4-3-13-32-21/h3-10,13-14H,11-12,15H2,1-2H3,(H,25,29)(H,26,30)(H,27,28). The van der Waals surface area contributed by atoms with E-state index in [-0.39, 0.29) is 24.3 Å². The SMILES string of the molecule is Cc1ccc(C)c(OCC(=O)Nc2ccc(C(=O)NCCNC(=O)c3cccs3)cc2)c1. The van der Waals surface area contributed by atoms with Gasteiger partial charge in [-0.05, 0) is 66.8 Å². The number of aryl methyl sites for hydroxylation is 2.